The number of aliphatic hydroxyl groups is 1. The van der Waals surface area contributed by atoms with Gasteiger partial charge in [0, 0.05) is 12.7 Å². The number of amides is 2. The normalized spacial score (nSPS) is 16.1. The minimum atomic E-state index is -0.878. The SMILES string of the molecule is CCc1ccccc1NC(=O)CN(C)C(=O)CC1(O)CCCC1. The molecule has 0 saturated heterocycles. The number of hydrogen-bond acceptors (Lipinski definition) is 3. The van der Waals surface area contributed by atoms with Crippen LogP contribution in [0.2, 0.25) is 0 Å². The first-order chi connectivity index (χ1) is 10.9. The van der Waals surface area contributed by atoms with Crippen molar-refractivity contribution in [3.63, 3.8) is 0 Å². The van der Waals surface area contributed by atoms with Crippen LogP contribution in [-0.2, 0) is 16.0 Å². The van der Waals surface area contributed by atoms with Crippen LogP contribution in [0.1, 0.15) is 44.6 Å². The van der Waals surface area contributed by atoms with E-state index in [0.29, 0.717) is 12.8 Å². The van der Waals surface area contributed by atoms with Crippen molar-refractivity contribution >= 4 is 17.5 Å². The zero-order chi connectivity index (χ0) is 16.9. The Bertz CT molecular complexity index is 565. The van der Waals surface area contributed by atoms with Crippen molar-refractivity contribution in [1.82, 2.24) is 4.90 Å². The molecule has 5 nitrogen and oxygen atoms in total. The quantitative estimate of drug-likeness (QED) is 0.846. The van der Waals surface area contributed by atoms with Gasteiger partial charge < -0.3 is 15.3 Å². The molecule has 2 amide bonds. The second-order valence-electron chi connectivity index (χ2n) is 6.42. The molecule has 1 saturated carbocycles. The molecule has 0 heterocycles. The summed E-state index contributed by atoms with van der Waals surface area (Å²) < 4.78 is 0. The highest BCUT2D eigenvalue weighted by molar-refractivity contribution is 5.95. The minimum absolute atomic E-state index is 0.00698. The van der Waals surface area contributed by atoms with E-state index < -0.39 is 5.60 Å². The number of benzene rings is 1. The lowest BCUT2D eigenvalue weighted by atomic mass is 9.97. The predicted octanol–water partition coefficient (Wildman–Crippen LogP) is 2.34. The topological polar surface area (TPSA) is 69.6 Å². The van der Waals surface area contributed by atoms with E-state index in [-0.39, 0.29) is 24.8 Å². The third-order valence-electron chi connectivity index (χ3n) is 4.49. The summed E-state index contributed by atoms with van der Waals surface area (Å²) in [5.74, 6) is -0.409. The van der Waals surface area contributed by atoms with Crippen LogP contribution in [0.4, 0.5) is 5.69 Å². The summed E-state index contributed by atoms with van der Waals surface area (Å²) >= 11 is 0. The van der Waals surface area contributed by atoms with Crippen LogP contribution in [0.3, 0.4) is 0 Å². The molecule has 0 radical (unpaired) electrons. The van der Waals surface area contributed by atoms with Gasteiger partial charge in [0.25, 0.3) is 0 Å². The lowest BCUT2D eigenvalue weighted by Crippen LogP contribution is -2.39. The summed E-state index contributed by atoms with van der Waals surface area (Å²) in [6.07, 6.45) is 4.19. The van der Waals surface area contributed by atoms with Crippen LogP contribution in [0.25, 0.3) is 0 Å². The third-order valence-corrected chi connectivity index (χ3v) is 4.49. The summed E-state index contributed by atoms with van der Waals surface area (Å²) in [7, 11) is 1.60. The number of rotatable bonds is 6. The van der Waals surface area contributed by atoms with E-state index in [2.05, 4.69) is 5.32 Å². The van der Waals surface area contributed by atoms with Gasteiger partial charge in [0.05, 0.1) is 18.6 Å². The number of hydrogen-bond donors (Lipinski definition) is 2. The summed E-state index contributed by atoms with van der Waals surface area (Å²) in [4.78, 5) is 25.7. The Morgan fingerprint density at radius 3 is 2.57 bits per heavy atom. The van der Waals surface area contributed by atoms with Crippen molar-refractivity contribution in [3.8, 4) is 0 Å². The van der Waals surface area contributed by atoms with E-state index in [1.54, 1.807) is 7.05 Å². The highest BCUT2D eigenvalue weighted by Crippen LogP contribution is 2.32. The molecule has 1 aromatic carbocycles. The second kappa shape index (κ2) is 7.59. The fraction of sp³-hybridized carbons (Fsp3) is 0.556. The first-order valence-corrected chi connectivity index (χ1v) is 8.27. The number of carbonyl (C=O) groups is 2. The number of carbonyl (C=O) groups excluding carboxylic acids is 2. The zero-order valence-electron chi connectivity index (χ0n) is 14.0. The molecule has 1 aliphatic carbocycles. The van der Waals surface area contributed by atoms with E-state index in [4.69, 9.17) is 0 Å². The highest BCUT2D eigenvalue weighted by atomic mass is 16.3. The fourth-order valence-electron chi connectivity index (χ4n) is 3.07. The van der Waals surface area contributed by atoms with Gasteiger partial charge in [-0.05, 0) is 30.9 Å². The molecule has 0 unspecified atom stereocenters. The third kappa shape index (κ3) is 4.79. The molecule has 5 heteroatoms. The molecule has 2 rings (SSSR count). The standard InChI is InChI=1S/C18H26N2O3/c1-3-14-8-4-5-9-15(14)19-16(21)13-20(2)17(22)12-18(23)10-6-7-11-18/h4-5,8-9,23H,3,6-7,10-13H2,1-2H3,(H,19,21). The monoisotopic (exact) mass is 318 g/mol. The zero-order valence-corrected chi connectivity index (χ0v) is 14.0. The maximum atomic E-state index is 12.2. The predicted molar refractivity (Wildman–Crippen MR) is 90.1 cm³/mol. The summed E-state index contributed by atoms with van der Waals surface area (Å²) in [5.41, 5.74) is 0.974. The van der Waals surface area contributed by atoms with Gasteiger partial charge in [-0.25, -0.2) is 0 Å². The Morgan fingerprint density at radius 1 is 1.26 bits per heavy atom. The Morgan fingerprint density at radius 2 is 1.91 bits per heavy atom. The molecule has 126 valence electrons. The van der Waals surface area contributed by atoms with E-state index >= 15 is 0 Å². The molecule has 0 aliphatic heterocycles. The van der Waals surface area contributed by atoms with Gasteiger partial charge in [-0.2, -0.15) is 0 Å². The van der Waals surface area contributed by atoms with Gasteiger partial charge in [0.15, 0.2) is 0 Å². The van der Waals surface area contributed by atoms with Crippen LogP contribution in [0.15, 0.2) is 24.3 Å². The van der Waals surface area contributed by atoms with Crippen molar-refractivity contribution in [3.05, 3.63) is 29.8 Å². The summed E-state index contributed by atoms with van der Waals surface area (Å²) in [6.45, 7) is 2.02. The van der Waals surface area contributed by atoms with Gasteiger partial charge in [0.2, 0.25) is 11.8 Å². The van der Waals surface area contributed by atoms with Crippen LogP contribution >= 0.6 is 0 Å². The highest BCUT2D eigenvalue weighted by Gasteiger charge is 2.34. The average molecular weight is 318 g/mol. The van der Waals surface area contributed by atoms with Crippen molar-refractivity contribution < 1.29 is 14.7 Å². The van der Waals surface area contributed by atoms with Crippen molar-refractivity contribution in [2.75, 3.05) is 18.9 Å². The molecular formula is C18H26N2O3. The van der Waals surface area contributed by atoms with Crippen LogP contribution in [0.5, 0.6) is 0 Å². The fourth-order valence-corrected chi connectivity index (χ4v) is 3.07. The van der Waals surface area contributed by atoms with E-state index in [1.165, 1.54) is 4.90 Å². The van der Waals surface area contributed by atoms with E-state index in [0.717, 1.165) is 30.5 Å². The molecule has 1 aliphatic rings. The molecule has 0 atom stereocenters. The largest absolute Gasteiger partial charge is 0.389 e. The minimum Gasteiger partial charge on any atom is -0.389 e. The number of nitrogens with zero attached hydrogens (tertiary/aromatic N) is 1. The van der Waals surface area contributed by atoms with Gasteiger partial charge in [-0.3, -0.25) is 9.59 Å². The number of likely N-dealkylation sites (N-methyl/N-ethyl adjacent to an activating group) is 1. The van der Waals surface area contributed by atoms with Crippen LogP contribution in [-0.4, -0.2) is 41.0 Å². The number of para-hydroxylation sites is 1. The van der Waals surface area contributed by atoms with E-state index in [9.17, 15) is 14.7 Å². The van der Waals surface area contributed by atoms with Gasteiger partial charge >= 0.3 is 0 Å². The molecule has 2 N–H and O–H groups in total. The molecular weight excluding hydrogens is 292 g/mol. The number of nitrogens with one attached hydrogen (secondary N) is 1. The van der Waals surface area contributed by atoms with Crippen molar-refractivity contribution in [2.45, 2.75) is 51.0 Å². The Labute approximate surface area is 137 Å². The maximum absolute atomic E-state index is 12.2. The van der Waals surface area contributed by atoms with Crippen LogP contribution in [0, 0.1) is 0 Å². The van der Waals surface area contributed by atoms with E-state index in [1.807, 2.05) is 31.2 Å². The second-order valence-corrected chi connectivity index (χ2v) is 6.42. The molecule has 1 fully saturated rings. The molecule has 0 aromatic heterocycles. The Hall–Kier alpha value is -1.88. The van der Waals surface area contributed by atoms with Gasteiger partial charge in [-0.15, -0.1) is 0 Å². The first-order valence-electron chi connectivity index (χ1n) is 8.27. The summed E-state index contributed by atoms with van der Waals surface area (Å²) in [5, 5.41) is 13.2. The van der Waals surface area contributed by atoms with Gasteiger partial charge in [-0.1, -0.05) is 38.0 Å². The molecule has 0 spiro atoms. The smallest absolute Gasteiger partial charge is 0.243 e. The molecule has 0 bridgehead atoms. The number of anilines is 1. The Kier molecular flexibility index (Phi) is 5.77. The lowest BCUT2D eigenvalue weighted by molar-refractivity contribution is -0.137. The number of aryl methyl sites for hydroxylation is 1. The maximum Gasteiger partial charge on any atom is 0.243 e. The summed E-state index contributed by atoms with van der Waals surface area (Å²) in [6, 6.07) is 7.64. The van der Waals surface area contributed by atoms with Crippen LogP contribution < -0.4 is 5.32 Å². The van der Waals surface area contributed by atoms with Crippen molar-refractivity contribution in [2.24, 2.45) is 0 Å². The first kappa shape index (κ1) is 17.5. The molecule has 1 aromatic rings. The lowest BCUT2D eigenvalue weighted by Gasteiger charge is -2.25. The average Bonchev–Trinajstić information content (AvgIpc) is 2.93. The molecule has 23 heavy (non-hydrogen) atoms. The van der Waals surface area contributed by atoms with Crippen molar-refractivity contribution in [1.29, 1.82) is 0 Å². The van der Waals surface area contributed by atoms with Gasteiger partial charge in [0.1, 0.15) is 0 Å². The Balaban J connectivity index is 1.87.